The minimum absolute atomic E-state index is 0.103. The van der Waals surface area contributed by atoms with Crippen molar-refractivity contribution in [3.63, 3.8) is 0 Å². The van der Waals surface area contributed by atoms with Gasteiger partial charge in [0.1, 0.15) is 5.75 Å². The number of benzene rings is 2. The molecular weight excluding hydrogens is 466 g/mol. The molecule has 9 nitrogen and oxygen atoms in total. The smallest absolute Gasteiger partial charge is 0.280 e. The van der Waals surface area contributed by atoms with Crippen molar-refractivity contribution < 1.29 is 4.74 Å². The predicted octanol–water partition coefficient (Wildman–Crippen LogP) is 4.74. The van der Waals surface area contributed by atoms with Crippen molar-refractivity contribution in [3.05, 3.63) is 58.1 Å². The van der Waals surface area contributed by atoms with Gasteiger partial charge in [0.2, 0.25) is 5.95 Å². The number of unbranched alkanes of at least 4 members (excludes halogenated alkanes) is 3. The average Bonchev–Trinajstić information content (AvgIpc) is 3.25. The van der Waals surface area contributed by atoms with Crippen LogP contribution in [0.4, 0.5) is 11.6 Å². The Hall–Kier alpha value is -3.85. The summed E-state index contributed by atoms with van der Waals surface area (Å²) in [7, 11) is 1.66. The van der Waals surface area contributed by atoms with Crippen molar-refractivity contribution in [1.29, 1.82) is 0 Å². The monoisotopic (exact) mass is 491 g/mol. The number of ether oxygens (including phenoxy) is 1. The number of aromatic amines is 1. The van der Waals surface area contributed by atoms with Crippen LogP contribution in [0.5, 0.6) is 5.75 Å². The normalized spacial score (nSPS) is 11.5. The minimum Gasteiger partial charge on any atom is -0.497 e. The highest BCUT2D eigenvalue weighted by Crippen LogP contribution is 2.34. The molecule has 0 aliphatic heterocycles. The number of nitrogens with two attached hydrogens (primary N) is 1. The van der Waals surface area contributed by atoms with Gasteiger partial charge in [-0.25, -0.2) is 9.97 Å². The van der Waals surface area contributed by atoms with E-state index in [1.54, 1.807) is 13.4 Å². The van der Waals surface area contributed by atoms with Gasteiger partial charge in [-0.3, -0.25) is 9.78 Å². The van der Waals surface area contributed by atoms with Crippen molar-refractivity contribution in [2.45, 2.75) is 32.2 Å². The molecule has 180 valence electrons. The van der Waals surface area contributed by atoms with Crippen molar-refractivity contribution in [1.82, 2.24) is 24.5 Å². The number of rotatable bonds is 9. The fourth-order valence-corrected chi connectivity index (χ4v) is 4.49. The molecule has 4 N–H and O–H groups in total. The van der Waals surface area contributed by atoms with Crippen LogP contribution >= 0.6 is 11.6 Å². The second kappa shape index (κ2) is 9.79. The van der Waals surface area contributed by atoms with Crippen LogP contribution in [-0.2, 0) is 6.54 Å². The van der Waals surface area contributed by atoms with Crippen molar-refractivity contribution in [3.8, 4) is 5.75 Å². The van der Waals surface area contributed by atoms with Crippen LogP contribution in [0, 0.1) is 0 Å². The second-order valence-corrected chi connectivity index (χ2v) is 8.87. The van der Waals surface area contributed by atoms with E-state index < -0.39 is 0 Å². The summed E-state index contributed by atoms with van der Waals surface area (Å²) in [6.45, 7) is 1.57. The predicted molar refractivity (Wildman–Crippen MR) is 140 cm³/mol. The van der Waals surface area contributed by atoms with Crippen LogP contribution in [0.25, 0.3) is 33.0 Å². The number of nitrogens with one attached hydrogen (secondary N) is 2. The van der Waals surface area contributed by atoms with Crippen LogP contribution in [0.1, 0.15) is 25.7 Å². The molecule has 0 atom stereocenters. The quantitative estimate of drug-likeness (QED) is 0.201. The maximum atomic E-state index is 11.9. The number of hydrogen-bond donors (Lipinski definition) is 3. The number of aryl methyl sites for hydroxylation is 1. The van der Waals surface area contributed by atoms with Crippen LogP contribution in [0.2, 0.25) is 5.02 Å². The standard InChI is InChI=1S/C25H26ClN7O2/c1-35-16-7-9-19-18(13-16)21(17-8-6-15(26)12-20(17)30-19)28-10-4-2-3-5-11-33-14-29-22-23(33)31-25(27)32-24(22)34/h6-9,12-14H,2-5,10-11H2,1H3,(H,28,30)(H3,27,31,32,34). The van der Waals surface area contributed by atoms with Gasteiger partial charge in [0.25, 0.3) is 5.56 Å². The minimum atomic E-state index is -0.312. The SMILES string of the molecule is COc1ccc2nc3cc(Cl)ccc3c(NCCCCCCn3cnc4c(=O)[nH]c(N)nc43)c2c1. The fourth-order valence-electron chi connectivity index (χ4n) is 4.32. The summed E-state index contributed by atoms with van der Waals surface area (Å²) in [5, 5.41) is 6.34. The summed E-state index contributed by atoms with van der Waals surface area (Å²) < 4.78 is 7.32. The lowest BCUT2D eigenvalue weighted by Gasteiger charge is -2.14. The molecule has 5 rings (SSSR count). The third-order valence-corrected chi connectivity index (χ3v) is 6.30. The van der Waals surface area contributed by atoms with E-state index in [1.807, 2.05) is 41.0 Å². The molecule has 0 aliphatic rings. The Morgan fingerprint density at radius 2 is 1.91 bits per heavy atom. The lowest BCUT2D eigenvalue weighted by molar-refractivity contribution is 0.415. The first-order valence-electron chi connectivity index (χ1n) is 11.5. The van der Waals surface area contributed by atoms with Crippen LogP contribution in [0.15, 0.2) is 47.5 Å². The van der Waals surface area contributed by atoms with Crippen molar-refractivity contribution >= 4 is 56.2 Å². The summed E-state index contributed by atoms with van der Waals surface area (Å²) in [4.78, 5) is 27.5. The van der Waals surface area contributed by atoms with Gasteiger partial charge >= 0.3 is 0 Å². The van der Waals surface area contributed by atoms with E-state index >= 15 is 0 Å². The topological polar surface area (TPSA) is 124 Å². The third kappa shape index (κ3) is 4.72. The van der Waals surface area contributed by atoms with Gasteiger partial charge in [-0.2, -0.15) is 4.98 Å². The highest BCUT2D eigenvalue weighted by Gasteiger charge is 2.11. The largest absolute Gasteiger partial charge is 0.497 e. The second-order valence-electron chi connectivity index (χ2n) is 8.43. The molecule has 0 radical (unpaired) electrons. The Morgan fingerprint density at radius 1 is 1.06 bits per heavy atom. The fraction of sp³-hybridized carbons (Fsp3) is 0.280. The van der Waals surface area contributed by atoms with Crippen LogP contribution in [-0.4, -0.2) is 38.2 Å². The van der Waals surface area contributed by atoms with Crippen LogP contribution in [0.3, 0.4) is 0 Å². The lowest BCUT2D eigenvalue weighted by Crippen LogP contribution is -2.12. The number of hydrogen-bond acceptors (Lipinski definition) is 7. The molecule has 0 amide bonds. The number of imidazole rings is 1. The Bertz CT molecular complexity index is 1580. The highest BCUT2D eigenvalue weighted by molar-refractivity contribution is 6.31. The Morgan fingerprint density at radius 3 is 2.77 bits per heavy atom. The first-order chi connectivity index (χ1) is 17.0. The van der Waals surface area contributed by atoms with Crippen molar-refractivity contribution in [2.75, 3.05) is 24.7 Å². The first kappa shape index (κ1) is 22.9. The number of aromatic nitrogens is 5. The van der Waals surface area contributed by atoms with Gasteiger partial charge in [-0.05, 0) is 49.2 Å². The lowest BCUT2D eigenvalue weighted by atomic mass is 10.1. The molecule has 5 aromatic rings. The number of H-pyrrole nitrogens is 1. The molecule has 0 unspecified atom stereocenters. The number of anilines is 2. The molecule has 10 heteroatoms. The zero-order valence-corrected chi connectivity index (χ0v) is 20.1. The van der Waals surface area contributed by atoms with E-state index in [9.17, 15) is 4.79 Å². The summed E-state index contributed by atoms with van der Waals surface area (Å²) in [6.07, 6.45) is 5.72. The zero-order valence-electron chi connectivity index (χ0n) is 19.3. The molecule has 0 bridgehead atoms. The third-order valence-electron chi connectivity index (χ3n) is 6.06. The number of nitrogens with zero attached hydrogens (tertiary/aromatic N) is 4. The van der Waals surface area contributed by atoms with Gasteiger partial charge in [-0.15, -0.1) is 0 Å². The maximum Gasteiger partial charge on any atom is 0.280 e. The van der Waals surface area contributed by atoms with Gasteiger partial charge < -0.3 is 20.4 Å². The summed E-state index contributed by atoms with van der Waals surface area (Å²) >= 11 is 6.22. The van der Waals surface area contributed by atoms with Gasteiger partial charge in [0, 0.05) is 28.9 Å². The van der Waals surface area contributed by atoms with Gasteiger partial charge in [-0.1, -0.05) is 24.4 Å². The van der Waals surface area contributed by atoms with E-state index in [0.717, 1.165) is 72.0 Å². The van der Waals surface area contributed by atoms with Gasteiger partial charge in [0.15, 0.2) is 11.2 Å². The van der Waals surface area contributed by atoms with Gasteiger partial charge in [0.05, 0.1) is 30.2 Å². The van der Waals surface area contributed by atoms with E-state index in [-0.39, 0.29) is 11.5 Å². The van der Waals surface area contributed by atoms with Crippen LogP contribution < -0.4 is 21.3 Å². The molecule has 3 aromatic heterocycles. The molecule has 0 saturated carbocycles. The maximum absolute atomic E-state index is 11.9. The summed E-state index contributed by atoms with van der Waals surface area (Å²) in [5.41, 5.74) is 9.00. The molecule has 3 heterocycles. The molecule has 35 heavy (non-hydrogen) atoms. The average molecular weight is 492 g/mol. The molecular formula is C25H26ClN7O2. The van der Waals surface area contributed by atoms with E-state index in [2.05, 4.69) is 20.3 Å². The van der Waals surface area contributed by atoms with E-state index in [4.69, 9.17) is 27.1 Å². The Balaban J connectivity index is 1.22. The highest BCUT2D eigenvalue weighted by atomic mass is 35.5. The number of fused-ring (bicyclic) bond motifs is 3. The number of pyridine rings is 1. The summed E-state index contributed by atoms with van der Waals surface area (Å²) in [5.74, 6) is 0.896. The Kier molecular flexibility index (Phi) is 6.41. The van der Waals surface area contributed by atoms with E-state index in [0.29, 0.717) is 16.2 Å². The van der Waals surface area contributed by atoms with E-state index in [1.165, 1.54) is 0 Å². The molecule has 0 spiro atoms. The number of halogens is 1. The Labute approximate surface area is 206 Å². The van der Waals surface area contributed by atoms with Crippen molar-refractivity contribution in [2.24, 2.45) is 0 Å². The number of nitrogen functional groups attached to an aromatic ring is 1. The molecule has 2 aromatic carbocycles. The number of methoxy groups -OCH3 is 1. The molecule has 0 saturated heterocycles. The zero-order chi connectivity index (χ0) is 24.4. The first-order valence-corrected chi connectivity index (χ1v) is 11.9. The molecule has 0 aliphatic carbocycles. The summed E-state index contributed by atoms with van der Waals surface area (Å²) in [6, 6.07) is 11.7. The molecule has 0 fully saturated rings.